The number of halogens is 3. The highest BCUT2D eigenvalue weighted by atomic mass is 35.5. The van der Waals surface area contributed by atoms with Crippen molar-refractivity contribution in [2.45, 2.75) is 31.8 Å². The fraction of sp³-hybridized carbons (Fsp3) is 0.458. The van der Waals surface area contributed by atoms with Crippen molar-refractivity contribution in [3.63, 3.8) is 0 Å². The minimum atomic E-state index is -0.308. The molecule has 3 rings (SSSR count). The highest BCUT2D eigenvalue weighted by Crippen LogP contribution is 2.18. The molecule has 1 fully saturated rings. The van der Waals surface area contributed by atoms with Crippen LogP contribution in [-0.4, -0.2) is 61.5 Å². The largest absolute Gasteiger partial charge is 0.490 e. The van der Waals surface area contributed by atoms with Gasteiger partial charge in [-0.25, -0.2) is 4.39 Å². The van der Waals surface area contributed by atoms with Gasteiger partial charge in [0.05, 0.1) is 0 Å². The Morgan fingerprint density at radius 2 is 1.68 bits per heavy atom. The Hall–Kier alpha value is -1.66. The Balaban J connectivity index is 0.00000240. The molecule has 7 heteroatoms. The van der Waals surface area contributed by atoms with Gasteiger partial charge in [-0.3, -0.25) is 4.79 Å². The summed E-state index contributed by atoms with van der Waals surface area (Å²) in [4.78, 5) is 16.9. The van der Waals surface area contributed by atoms with Crippen molar-refractivity contribution < 1.29 is 13.9 Å². The van der Waals surface area contributed by atoms with Crippen LogP contribution in [0.3, 0.4) is 0 Å². The lowest BCUT2D eigenvalue weighted by molar-refractivity contribution is 0.0938. The van der Waals surface area contributed by atoms with Gasteiger partial charge in [0.15, 0.2) is 5.78 Å². The number of benzene rings is 2. The maximum Gasteiger partial charge on any atom is 0.162 e. The number of ether oxygens (including phenoxy) is 1. The highest BCUT2D eigenvalue weighted by Gasteiger charge is 2.20. The lowest BCUT2D eigenvalue weighted by atomic mass is 10.1. The maximum atomic E-state index is 12.9. The first-order chi connectivity index (χ1) is 14.1. The molecule has 0 aliphatic carbocycles. The van der Waals surface area contributed by atoms with Gasteiger partial charge in [0, 0.05) is 38.2 Å². The van der Waals surface area contributed by atoms with Crippen LogP contribution < -0.4 is 4.74 Å². The number of likely N-dealkylation sites (tertiary alicyclic amines) is 1. The van der Waals surface area contributed by atoms with Crippen LogP contribution in [0.1, 0.15) is 36.0 Å². The summed E-state index contributed by atoms with van der Waals surface area (Å²) in [6.45, 7) is 5.05. The number of hydrogen-bond acceptors (Lipinski definition) is 4. The molecule has 0 aromatic heterocycles. The summed E-state index contributed by atoms with van der Waals surface area (Å²) in [6, 6.07) is 15.9. The first-order valence-corrected chi connectivity index (χ1v) is 10.5. The Bertz CT molecular complexity index is 754. The number of para-hydroxylation sites is 1. The van der Waals surface area contributed by atoms with E-state index in [4.69, 9.17) is 4.74 Å². The zero-order valence-electron chi connectivity index (χ0n) is 18.0. The van der Waals surface area contributed by atoms with Gasteiger partial charge in [-0.2, -0.15) is 0 Å². The Kier molecular flexibility index (Phi) is 12.7. The third kappa shape index (κ3) is 9.56. The van der Waals surface area contributed by atoms with Crippen molar-refractivity contribution in [1.29, 1.82) is 0 Å². The zero-order chi connectivity index (χ0) is 20.5. The van der Waals surface area contributed by atoms with Crippen molar-refractivity contribution in [3.8, 4) is 5.75 Å². The molecular formula is C24H33Cl2FN2O2. The third-order valence-electron chi connectivity index (χ3n) is 5.49. The van der Waals surface area contributed by atoms with E-state index in [1.165, 1.54) is 12.1 Å². The fourth-order valence-corrected chi connectivity index (χ4v) is 3.66. The van der Waals surface area contributed by atoms with Crippen LogP contribution in [0, 0.1) is 5.82 Å². The van der Waals surface area contributed by atoms with E-state index in [9.17, 15) is 9.18 Å². The third-order valence-corrected chi connectivity index (χ3v) is 5.49. The van der Waals surface area contributed by atoms with E-state index in [1.54, 1.807) is 12.1 Å². The van der Waals surface area contributed by atoms with Gasteiger partial charge in [0.1, 0.15) is 17.7 Å². The molecule has 0 unspecified atom stereocenters. The van der Waals surface area contributed by atoms with Gasteiger partial charge >= 0.3 is 0 Å². The molecular weight excluding hydrogens is 438 g/mol. The number of likely N-dealkylation sites (N-methyl/N-ethyl adjacent to an activating group) is 1. The number of carbonyl (C=O) groups excluding carboxylic acids is 1. The molecule has 1 aliphatic rings. The van der Waals surface area contributed by atoms with E-state index in [0.29, 0.717) is 18.1 Å². The summed E-state index contributed by atoms with van der Waals surface area (Å²) in [5.41, 5.74) is 0.592. The predicted molar refractivity (Wildman–Crippen MR) is 128 cm³/mol. The van der Waals surface area contributed by atoms with Crippen molar-refractivity contribution in [2.75, 3.05) is 39.8 Å². The van der Waals surface area contributed by atoms with Crippen LogP contribution >= 0.6 is 24.8 Å². The smallest absolute Gasteiger partial charge is 0.162 e. The van der Waals surface area contributed by atoms with Crippen LogP contribution in [0.4, 0.5) is 4.39 Å². The van der Waals surface area contributed by atoms with Crippen molar-refractivity contribution >= 4 is 30.6 Å². The Morgan fingerprint density at radius 1 is 1.03 bits per heavy atom. The van der Waals surface area contributed by atoms with Crippen LogP contribution in [0.25, 0.3) is 0 Å². The molecule has 0 N–H and O–H groups in total. The van der Waals surface area contributed by atoms with Crippen molar-refractivity contribution in [2.24, 2.45) is 0 Å². The molecule has 1 heterocycles. The average Bonchev–Trinajstić information content (AvgIpc) is 2.74. The van der Waals surface area contributed by atoms with Gasteiger partial charge in [0.2, 0.25) is 0 Å². The molecule has 0 spiro atoms. The first-order valence-electron chi connectivity index (χ1n) is 10.5. The number of ketones is 1. The molecule has 2 aromatic carbocycles. The molecule has 172 valence electrons. The zero-order valence-corrected chi connectivity index (χ0v) is 19.7. The summed E-state index contributed by atoms with van der Waals surface area (Å²) >= 11 is 0. The fourth-order valence-electron chi connectivity index (χ4n) is 3.66. The van der Waals surface area contributed by atoms with Gasteiger partial charge in [-0.05, 0) is 69.3 Å². The number of carbonyl (C=O) groups is 1. The second-order valence-electron chi connectivity index (χ2n) is 7.81. The highest BCUT2D eigenvalue weighted by molar-refractivity contribution is 5.95. The second-order valence-corrected chi connectivity index (χ2v) is 7.81. The van der Waals surface area contributed by atoms with Crippen LogP contribution in [0.5, 0.6) is 5.75 Å². The number of nitrogens with zero attached hydrogens (tertiary/aromatic N) is 2. The van der Waals surface area contributed by atoms with E-state index in [-0.39, 0.29) is 36.4 Å². The van der Waals surface area contributed by atoms with Crippen LogP contribution in [0.15, 0.2) is 54.6 Å². The molecule has 0 atom stereocenters. The lowest BCUT2D eigenvalue weighted by Gasteiger charge is -2.33. The minimum absolute atomic E-state index is 0. The molecule has 0 bridgehead atoms. The SMILES string of the molecule is CN(CCCC(=O)c1ccc(F)cc1)CCN1CCC(Oc2ccccc2)CC1.Cl.Cl. The predicted octanol–water partition coefficient (Wildman–Crippen LogP) is 5.11. The summed E-state index contributed by atoms with van der Waals surface area (Å²) in [6.07, 6.45) is 3.75. The normalized spacial score (nSPS) is 14.5. The maximum absolute atomic E-state index is 12.9. The molecule has 1 aliphatic heterocycles. The van der Waals surface area contributed by atoms with E-state index >= 15 is 0 Å². The summed E-state index contributed by atoms with van der Waals surface area (Å²) in [5.74, 6) is 0.733. The van der Waals surface area contributed by atoms with Crippen molar-refractivity contribution in [3.05, 3.63) is 66.0 Å². The van der Waals surface area contributed by atoms with E-state index in [0.717, 1.165) is 57.7 Å². The van der Waals surface area contributed by atoms with Gasteiger partial charge in [-0.1, -0.05) is 18.2 Å². The summed E-state index contributed by atoms with van der Waals surface area (Å²) < 4.78 is 19.0. The minimum Gasteiger partial charge on any atom is -0.490 e. The molecule has 1 saturated heterocycles. The van der Waals surface area contributed by atoms with Crippen molar-refractivity contribution in [1.82, 2.24) is 9.80 Å². The van der Waals surface area contributed by atoms with E-state index < -0.39 is 0 Å². The Labute approximate surface area is 197 Å². The first kappa shape index (κ1) is 27.4. The molecule has 0 saturated carbocycles. The lowest BCUT2D eigenvalue weighted by Crippen LogP contribution is -2.41. The molecule has 2 aromatic rings. The Morgan fingerprint density at radius 3 is 2.32 bits per heavy atom. The number of Topliss-reactive ketones (excluding diaryl/α,β-unsaturated/α-hetero) is 1. The van der Waals surface area contributed by atoms with Gasteiger partial charge in [0.25, 0.3) is 0 Å². The standard InChI is InChI=1S/C24H31FN2O2.2ClH/c1-26(15-5-8-24(28)20-9-11-21(25)12-10-20)18-19-27-16-13-23(14-17-27)29-22-6-3-2-4-7-22;;/h2-4,6-7,9-12,23H,5,8,13-19H2,1H3;2*1H. The molecule has 31 heavy (non-hydrogen) atoms. The monoisotopic (exact) mass is 470 g/mol. The average molecular weight is 471 g/mol. The van der Waals surface area contributed by atoms with E-state index in [1.807, 2.05) is 30.3 Å². The molecule has 0 amide bonds. The van der Waals surface area contributed by atoms with Crippen LogP contribution in [0.2, 0.25) is 0 Å². The second kappa shape index (κ2) is 14.4. The number of rotatable bonds is 10. The number of piperidine rings is 1. The van der Waals surface area contributed by atoms with E-state index in [2.05, 4.69) is 16.8 Å². The van der Waals surface area contributed by atoms with Gasteiger partial charge in [-0.15, -0.1) is 24.8 Å². The molecule has 4 nitrogen and oxygen atoms in total. The summed E-state index contributed by atoms with van der Waals surface area (Å²) in [5, 5.41) is 0. The van der Waals surface area contributed by atoms with Crippen LogP contribution in [-0.2, 0) is 0 Å². The topological polar surface area (TPSA) is 32.8 Å². The van der Waals surface area contributed by atoms with Gasteiger partial charge < -0.3 is 14.5 Å². The molecule has 0 radical (unpaired) electrons. The quantitative estimate of drug-likeness (QED) is 0.451. The number of hydrogen-bond donors (Lipinski definition) is 0. The summed E-state index contributed by atoms with van der Waals surface area (Å²) in [7, 11) is 2.10.